The SMILES string of the molecule is CCC(F)(S(C)(=O)=O)S(=O)(=O)O. The van der Waals surface area contributed by atoms with E-state index in [-0.39, 0.29) is 0 Å². The molecule has 0 aromatic carbocycles. The maximum atomic E-state index is 13.1. The Labute approximate surface area is 70.3 Å². The number of hydrogen-bond acceptors (Lipinski definition) is 4. The first-order chi connectivity index (χ1) is 5.06. The van der Waals surface area contributed by atoms with Crippen molar-refractivity contribution in [1.29, 1.82) is 0 Å². The predicted molar refractivity (Wildman–Crippen MR) is 40.5 cm³/mol. The zero-order chi connectivity index (χ0) is 10.2. The lowest BCUT2D eigenvalue weighted by molar-refractivity contribution is 0.319. The third kappa shape index (κ3) is 1.75. The summed E-state index contributed by atoms with van der Waals surface area (Å²) in [4.78, 5) is 0. The van der Waals surface area contributed by atoms with Gasteiger partial charge in [-0.05, 0) is 0 Å². The van der Waals surface area contributed by atoms with E-state index in [0.29, 0.717) is 6.26 Å². The lowest BCUT2D eigenvalue weighted by atomic mass is 10.5. The molecule has 1 N–H and O–H groups in total. The molecule has 0 amide bonds. The molecule has 0 heterocycles. The molecule has 0 spiro atoms. The molecule has 8 heteroatoms. The third-order valence-electron chi connectivity index (χ3n) is 1.36. The van der Waals surface area contributed by atoms with E-state index in [1.54, 1.807) is 0 Å². The van der Waals surface area contributed by atoms with Crippen molar-refractivity contribution in [2.75, 3.05) is 6.26 Å². The van der Waals surface area contributed by atoms with Gasteiger partial charge in [0.2, 0.25) is 0 Å². The van der Waals surface area contributed by atoms with Crippen molar-refractivity contribution in [3.8, 4) is 0 Å². The molecule has 0 bridgehead atoms. The van der Waals surface area contributed by atoms with Crippen LogP contribution in [0.5, 0.6) is 0 Å². The summed E-state index contributed by atoms with van der Waals surface area (Å²) in [6, 6.07) is 0. The Balaban J connectivity index is 5.58. The predicted octanol–water partition coefficient (Wildman–Crippen LogP) is -0.0479. The van der Waals surface area contributed by atoms with E-state index < -0.39 is 30.7 Å². The summed E-state index contributed by atoms with van der Waals surface area (Å²) in [5.41, 5.74) is 0. The Bertz CT molecular complexity index is 321. The van der Waals surface area contributed by atoms with E-state index in [4.69, 9.17) is 4.55 Å². The van der Waals surface area contributed by atoms with E-state index in [0.717, 1.165) is 6.92 Å². The summed E-state index contributed by atoms with van der Waals surface area (Å²) in [6.45, 7) is 1.01. The molecule has 1 unspecified atom stereocenters. The second-order valence-electron chi connectivity index (χ2n) is 2.26. The van der Waals surface area contributed by atoms with Crippen molar-refractivity contribution in [3.63, 3.8) is 0 Å². The van der Waals surface area contributed by atoms with Gasteiger partial charge in [0.25, 0.3) is 0 Å². The Kier molecular flexibility index (Phi) is 2.88. The molecule has 5 nitrogen and oxygen atoms in total. The Morgan fingerprint density at radius 3 is 1.67 bits per heavy atom. The largest absolute Gasteiger partial charge is 0.332 e. The van der Waals surface area contributed by atoms with Gasteiger partial charge in [-0.25, -0.2) is 12.8 Å². The van der Waals surface area contributed by atoms with E-state index in [9.17, 15) is 21.2 Å². The Morgan fingerprint density at radius 2 is 1.67 bits per heavy atom. The van der Waals surface area contributed by atoms with Crippen LogP contribution in [0, 0.1) is 0 Å². The van der Waals surface area contributed by atoms with Crippen LogP contribution in [0.1, 0.15) is 13.3 Å². The first-order valence-corrected chi connectivity index (χ1v) is 6.25. The normalized spacial score (nSPS) is 18.7. The molecular weight excluding hydrogens is 211 g/mol. The first kappa shape index (κ1) is 11.8. The van der Waals surface area contributed by atoms with Crippen molar-refractivity contribution < 1.29 is 25.8 Å². The molecule has 0 saturated carbocycles. The van der Waals surface area contributed by atoms with Gasteiger partial charge in [0.15, 0.2) is 9.84 Å². The van der Waals surface area contributed by atoms with Crippen molar-refractivity contribution in [2.45, 2.75) is 17.7 Å². The van der Waals surface area contributed by atoms with Gasteiger partial charge in [0.1, 0.15) is 0 Å². The lowest BCUT2D eigenvalue weighted by Gasteiger charge is -2.17. The van der Waals surface area contributed by atoms with Crippen molar-refractivity contribution in [2.24, 2.45) is 0 Å². The molecule has 74 valence electrons. The fraction of sp³-hybridized carbons (Fsp3) is 1.00. The second kappa shape index (κ2) is 2.93. The fourth-order valence-corrected chi connectivity index (χ4v) is 3.06. The van der Waals surface area contributed by atoms with Crippen LogP contribution in [-0.4, -0.2) is 32.0 Å². The van der Waals surface area contributed by atoms with Crippen molar-refractivity contribution >= 4 is 20.0 Å². The van der Waals surface area contributed by atoms with Crippen LogP contribution in [0.15, 0.2) is 0 Å². The molecule has 12 heavy (non-hydrogen) atoms. The highest BCUT2D eigenvalue weighted by molar-refractivity contribution is 8.07. The maximum Gasteiger partial charge on any atom is 0.332 e. The van der Waals surface area contributed by atoms with Gasteiger partial charge in [-0.1, -0.05) is 6.92 Å². The van der Waals surface area contributed by atoms with Gasteiger partial charge >= 0.3 is 14.5 Å². The van der Waals surface area contributed by atoms with Crippen LogP contribution in [0.4, 0.5) is 4.39 Å². The molecule has 0 saturated heterocycles. The molecular formula is C4H9FO5S2. The monoisotopic (exact) mass is 220 g/mol. The Morgan fingerprint density at radius 1 is 1.33 bits per heavy atom. The molecule has 0 aliphatic rings. The zero-order valence-electron chi connectivity index (χ0n) is 6.48. The zero-order valence-corrected chi connectivity index (χ0v) is 8.11. The highest BCUT2D eigenvalue weighted by Gasteiger charge is 2.51. The molecule has 0 fully saturated rings. The second-order valence-corrected chi connectivity index (χ2v) is 6.31. The van der Waals surface area contributed by atoms with Crippen LogP contribution in [0.2, 0.25) is 0 Å². The van der Waals surface area contributed by atoms with E-state index in [2.05, 4.69) is 0 Å². The number of sulfone groups is 1. The maximum absolute atomic E-state index is 13.1. The van der Waals surface area contributed by atoms with Gasteiger partial charge in [-0.3, -0.25) is 4.55 Å². The molecule has 0 aromatic heterocycles. The number of alkyl halides is 1. The number of hydrogen-bond donors (Lipinski definition) is 1. The van der Waals surface area contributed by atoms with Gasteiger partial charge in [0, 0.05) is 12.7 Å². The summed E-state index contributed by atoms with van der Waals surface area (Å²) >= 11 is 0. The van der Waals surface area contributed by atoms with Gasteiger partial charge in [-0.2, -0.15) is 8.42 Å². The fourth-order valence-electron chi connectivity index (χ4n) is 0.636. The topological polar surface area (TPSA) is 88.5 Å². The lowest BCUT2D eigenvalue weighted by Crippen LogP contribution is -2.40. The summed E-state index contributed by atoms with van der Waals surface area (Å²) in [7, 11) is -9.70. The minimum Gasteiger partial charge on any atom is -0.282 e. The van der Waals surface area contributed by atoms with E-state index in [1.807, 2.05) is 0 Å². The minimum absolute atomic E-state index is 0.407. The van der Waals surface area contributed by atoms with Crippen LogP contribution < -0.4 is 0 Å². The smallest absolute Gasteiger partial charge is 0.282 e. The molecule has 0 aromatic rings. The van der Waals surface area contributed by atoms with Gasteiger partial charge < -0.3 is 0 Å². The van der Waals surface area contributed by atoms with Crippen LogP contribution in [-0.2, 0) is 20.0 Å². The average molecular weight is 220 g/mol. The van der Waals surface area contributed by atoms with Crippen LogP contribution in [0.3, 0.4) is 0 Å². The molecule has 0 aliphatic heterocycles. The Hall–Kier alpha value is -0.210. The summed E-state index contributed by atoms with van der Waals surface area (Å²) in [6.07, 6.45) is -0.436. The van der Waals surface area contributed by atoms with Crippen molar-refractivity contribution in [1.82, 2.24) is 0 Å². The highest BCUT2D eigenvalue weighted by atomic mass is 32.3. The summed E-state index contributed by atoms with van der Waals surface area (Å²) in [5, 5.41) is 0. The molecule has 0 rings (SSSR count). The van der Waals surface area contributed by atoms with Gasteiger partial charge in [-0.15, -0.1) is 0 Å². The number of rotatable bonds is 3. The quantitative estimate of drug-likeness (QED) is 0.674. The van der Waals surface area contributed by atoms with Gasteiger partial charge in [0.05, 0.1) is 0 Å². The van der Waals surface area contributed by atoms with Crippen LogP contribution >= 0.6 is 0 Å². The summed E-state index contributed by atoms with van der Waals surface area (Å²) in [5.74, 6) is 0. The standard InChI is InChI=1S/C4H9FO5S2/c1-3-4(5,11(2,6)7)12(8,9)10/h3H2,1-2H3,(H,8,9,10). The molecule has 1 atom stereocenters. The molecule has 0 aliphatic carbocycles. The first-order valence-electron chi connectivity index (χ1n) is 2.92. The third-order valence-corrected chi connectivity index (χ3v) is 5.36. The van der Waals surface area contributed by atoms with Crippen molar-refractivity contribution in [3.05, 3.63) is 0 Å². The summed E-state index contributed by atoms with van der Waals surface area (Å²) < 4.78 is 59.7. The number of halogens is 1. The van der Waals surface area contributed by atoms with E-state index in [1.165, 1.54) is 0 Å². The van der Waals surface area contributed by atoms with E-state index >= 15 is 0 Å². The highest BCUT2D eigenvalue weighted by Crippen LogP contribution is 2.28. The minimum atomic E-state index is -5.23. The average Bonchev–Trinajstić information content (AvgIpc) is 1.81. The molecule has 0 radical (unpaired) electrons. The van der Waals surface area contributed by atoms with Crippen LogP contribution in [0.25, 0.3) is 0 Å².